The van der Waals surface area contributed by atoms with Gasteiger partial charge in [0.2, 0.25) is 0 Å². The van der Waals surface area contributed by atoms with Crippen molar-refractivity contribution in [3.05, 3.63) is 30.0 Å². The lowest BCUT2D eigenvalue weighted by Gasteiger charge is -2.07. The van der Waals surface area contributed by atoms with Gasteiger partial charge in [0.05, 0.1) is 18.5 Å². The van der Waals surface area contributed by atoms with E-state index in [9.17, 15) is 4.79 Å². The SMILES string of the molecule is COc1ccc(NC(=O)Nc2n[nH]c(C)c2N)cc1. The van der Waals surface area contributed by atoms with Crippen molar-refractivity contribution in [1.82, 2.24) is 10.2 Å². The zero-order valence-electron chi connectivity index (χ0n) is 10.7. The van der Waals surface area contributed by atoms with E-state index in [4.69, 9.17) is 10.5 Å². The van der Waals surface area contributed by atoms with Gasteiger partial charge in [-0.2, -0.15) is 5.10 Å². The van der Waals surface area contributed by atoms with Crippen molar-refractivity contribution >= 4 is 23.2 Å². The summed E-state index contributed by atoms with van der Waals surface area (Å²) >= 11 is 0. The molecule has 0 unspecified atom stereocenters. The molecule has 7 nitrogen and oxygen atoms in total. The van der Waals surface area contributed by atoms with Gasteiger partial charge in [0.15, 0.2) is 5.82 Å². The molecule has 0 aliphatic rings. The smallest absolute Gasteiger partial charge is 0.324 e. The van der Waals surface area contributed by atoms with Crippen LogP contribution in [0.4, 0.5) is 22.0 Å². The number of nitrogens with zero attached hydrogens (tertiary/aromatic N) is 1. The second-order valence-corrected chi connectivity index (χ2v) is 3.92. The molecule has 2 amide bonds. The number of urea groups is 1. The van der Waals surface area contributed by atoms with Crippen LogP contribution in [0.15, 0.2) is 24.3 Å². The molecule has 100 valence electrons. The second kappa shape index (κ2) is 5.30. The first kappa shape index (κ1) is 12.7. The number of nitrogen functional groups attached to an aromatic ring is 1. The molecule has 2 rings (SSSR count). The van der Waals surface area contributed by atoms with E-state index in [1.54, 1.807) is 38.3 Å². The third-order valence-corrected chi connectivity index (χ3v) is 2.57. The van der Waals surface area contributed by atoms with E-state index >= 15 is 0 Å². The molecule has 0 saturated carbocycles. The van der Waals surface area contributed by atoms with Gasteiger partial charge >= 0.3 is 6.03 Å². The number of amides is 2. The standard InChI is InChI=1S/C12H15N5O2/c1-7-10(13)11(17-16-7)15-12(18)14-8-3-5-9(19-2)6-4-8/h3-6H,13H2,1-2H3,(H3,14,15,16,17,18). The summed E-state index contributed by atoms with van der Waals surface area (Å²) in [5.74, 6) is 1.03. The Balaban J connectivity index is 1.99. The van der Waals surface area contributed by atoms with Gasteiger partial charge < -0.3 is 15.8 Å². The quantitative estimate of drug-likeness (QED) is 0.677. The van der Waals surface area contributed by atoms with Crippen LogP contribution in [0.5, 0.6) is 5.75 Å². The normalized spacial score (nSPS) is 10.0. The lowest BCUT2D eigenvalue weighted by molar-refractivity contribution is 0.262. The Morgan fingerprint density at radius 2 is 2.00 bits per heavy atom. The highest BCUT2D eigenvalue weighted by molar-refractivity contribution is 6.00. The zero-order chi connectivity index (χ0) is 13.8. The van der Waals surface area contributed by atoms with Gasteiger partial charge in [-0.15, -0.1) is 0 Å². The van der Waals surface area contributed by atoms with Crippen LogP contribution >= 0.6 is 0 Å². The monoisotopic (exact) mass is 261 g/mol. The predicted molar refractivity (Wildman–Crippen MR) is 73.4 cm³/mol. The Kier molecular flexibility index (Phi) is 3.56. The number of rotatable bonds is 3. The topological polar surface area (TPSA) is 105 Å². The first-order valence-corrected chi connectivity index (χ1v) is 5.62. The second-order valence-electron chi connectivity index (χ2n) is 3.92. The van der Waals surface area contributed by atoms with Crippen LogP contribution < -0.4 is 21.1 Å². The maximum Gasteiger partial charge on any atom is 0.324 e. The molecule has 0 atom stereocenters. The third-order valence-electron chi connectivity index (χ3n) is 2.57. The number of nitrogens with two attached hydrogens (primary N) is 1. The van der Waals surface area contributed by atoms with Crippen LogP contribution in [0.1, 0.15) is 5.69 Å². The molecule has 5 N–H and O–H groups in total. The summed E-state index contributed by atoms with van der Waals surface area (Å²) in [5, 5.41) is 11.8. The number of anilines is 3. The number of methoxy groups -OCH3 is 1. The summed E-state index contributed by atoms with van der Waals surface area (Å²) in [6, 6.07) is 6.56. The number of aromatic nitrogens is 2. The molecule has 0 fully saturated rings. The molecule has 1 aromatic heterocycles. The molecule has 0 radical (unpaired) electrons. The van der Waals surface area contributed by atoms with E-state index in [2.05, 4.69) is 20.8 Å². The average molecular weight is 261 g/mol. The van der Waals surface area contributed by atoms with Crippen LogP contribution in [0.25, 0.3) is 0 Å². The van der Waals surface area contributed by atoms with E-state index in [0.717, 1.165) is 5.75 Å². The number of aryl methyl sites for hydroxylation is 1. The van der Waals surface area contributed by atoms with E-state index in [-0.39, 0.29) is 0 Å². The number of hydrogen-bond donors (Lipinski definition) is 4. The minimum Gasteiger partial charge on any atom is -0.497 e. The van der Waals surface area contributed by atoms with Crippen LogP contribution in [0.2, 0.25) is 0 Å². The van der Waals surface area contributed by atoms with Crippen LogP contribution in [0.3, 0.4) is 0 Å². The Morgan fingerprint density at radius 3 is 2.53 bits per heavy atom. The van der Waals surface area contributed by atoms with Crippen molar-refractivity contribution in [2.75, 3.05) is 23.5 Å². The molecule has 2 aromatic rings. The molecular weight excluding hydrogens is 246 g/mol. The maximum absolute atomic E-state index is 11.7. The van der Waals surface area contributed by atoms with Crippen molar-refractivity contribution in [2.45, 2.75) is 6.92 Å². The van der Waals surface area contributed by atoms with Gasteiger partial charge in [-0.25, -0.2) is 4.79 Å². The van der Waals surface area contributed by atoms with Crippen molar-refractivity contribution < 1.29 is 9.53 Å². The fourth-order valence-corrected chi connectivity index (χ4v) is 1.48. The molecule has 0 bridgehead atoms. The lowest BCUT2D eigenvalue weighted by Crippen LogP contribution is -2.20. The molecule has 0 aliphatic heterocycles. The van der Waals surface area contributed by atoms with Crippen LogP contribution in [0, 0.1) is 6.92 Å². The Hall–Kier alpha value is -2.70. The van der Waals surface area contributed by atoms with E-state index in [1.807, 2.05) is 0 Å². The number of aromatic amines is 1. The fraction of sp³-hybridized carbons (Fsp3) is 0.167. The Labute approximate surface area is 110 Å². The highest BCUT2D eigenvalue weighted by Gasteiger charge is 2.10. The fourth-order valence-electron chi connectivity index (χ4n) is 1.48. The molecule has 0 aliphatic carbocycles. The number of carbonyl (C=O) groups excluding carboxylic acids is 1. The molecular formula is C12H15N5O2. The van der Waals surface area contributed by atoms with Gasteiger partial charge in [-0.1, -0.05) is 0 Å². The highest BCUT2D eigenvalue weighted by atomic mass is 16.5. The molecule has 0 saturated heterocycles. The summed E-state index contributed by atoms with van der Waals surface area (Å²) in [6.45, 7) is 1.77. The number of hydrogen-bond acceptors (Lipinski definition) is 4. The van der Waals surface area contributed by atoms with Gasteiger partial charge in [0.25, 0.3) is 0 Å². The van der Waals surface area contributed by atoms with Crippen molar-refractivity contribution in [1.29, 1.82) is 0 Å². The molecule has 1 aromatic carbocycles. The van der Waals surface area contributed by atoms with Crippen molar-refractivity contribution in [3.63, 3.8) is 0 Å². The van der Waals surface area contributed by atoms with E-state index in [0.29, 0.717) is 22.9 Å². The molecule has 19 heavy (non-hydrogen) atoms. The molecule has 7 heteroatoms. The number of carbonyl (C=O) groups is 1. The highest BCUT2D eigenvalue weighted by Crippen LogP contribution is 2.19. The predicted octanol–water partition coefficient (Wildman–Crippen LogP) is 1.95. The summed E-state index contributed by atoms with van der Waals surface area (Å²) in [7, 11) is 1.58. The largest absolute Gasteiger partial charge is 0.497 e. The van der Waals surface area contributed by atoms with Crippen LogP contribution in [-0.2, 0) is 0 Å². The van der Waals surface area contributed by atoms with E-state index < -0.39 is 6.03 Å². The maximum atomic E-state index is 11.7. The van der Waals surface area contributed by atoms with Crippen molar-refractivity contribution in [2.24, 2.45) is 0 Å². The summed E-state index contributed by atoms with van der Waals surface area (Å²) < 4.78 is 5.03. The average Bonchev–Trinajstić information content (AvgIpc) is 2.71. The third kappa shape index (κ3) is 2.95. The van der Waals surface area contributed by atoms with E-state index in [1.165, 1.54) is 0 Å². The number of nitrogens with one attached hydrogen (secondary N) is 3. The number of ether oxygens (including phenoxy) is 1. The van der Waals surface area contributed by atoms with Crippen LogP contribution in [-0.4, -0.2) is 23.3 Å². The first-order valence-electron chi connectivity index (χ1n) is 5.62. The number of benzene rings is 1. The lowest BCUT2D eigenvalue weighted by atomic mass is 10.3. The summed E-state index contributed by atoms with van der Waals surface area (Å²) in [4.78, 5) is 11.7. The van der Waals surface area contributed by atoms with Gasteiger partial charge in [0, 0.05) is 5.69 Å². The molecule has 0 spiro atoms. The minimum absolute atomic E-state index is 0.309. The summed E-state index contributed by atoms with van der Waals surface area (Å²) in [5.41, 5.74) is 7.50. The zero-order valence-corrected chi connectivity index (χ0v) is 10.7. The first-order chi connectivity index (χ1) is 9.10. The minimum atomic E-state index is -0.414. The van der Waals surface area contributed by atoms with Crippen molar-refractivity contribution in [3.8, 4) is 5.75 Å². The molecule has 1 heterocycles. The summed E-state index contributed by atoms with van der Waals surface area (Å²) in [6.07, 6.45) is 0. The van der Waals surface area contributed by atoms with Gasteiger partial charge in [0.1, 0.15) is 5.75 Å². The number of H-pyrrole nitrogens is 1. The van der Waals surface area contributed by atoms with Gasteiger partial charge in [-0.05, 0) is 31.2 Å². The Bertz CT molecular complexity index is 576. The Morgan fingerprint density at radius 1 is 1.32 bits per heavy atom. The van der Waals surface area contributed by atoms with Gasteiger partial charge in [-0.3, -0.25) is 10.4 Å².